The van der Waals surface area contributed by atoms with Crippen molar-refractivity contribution in [2.45, 2.75) is 31.8 Å². The van der Waals surface area contributed by atoms with Crippen LogP contribution >= 0.6 is 36.4 Å². The van der Waals surface area contributed by atoms with Crippen LogP contribution in [0.25, 0.3) is 0 Å². The summed E-state index contributed by atoms with van der Waals surface area (Å²) >= 11 is 6.20. The Hall–Kier alpha value is -0.190. The normalized spacial score (nSPS) is 27.1. The molecule has 1 aliphatic rings. The minimum atomic E-state index is 0. The van der Waals surface area contributed by atoms with Crippen LogP contribution in [0.1, 0.15) is 25.3 Å². The number of nitrogens with one attached hydrogen (secondary N) is 2. The molecule has 0 spiro atoms. The monoisotopic (exact) mass is 297 g/mol. The molecule has 2 rings (SSSR count). The first-order chi connectivity index (χ1) is 7.09. The van der Waals surface area contributed by atoms with Crippen LogP contribution in [-0.2, 0) is 0 Å². The summed E-state index contributed by atoms with van der Waals surface area (Å²) in [7, 11) is 0. The first kappa shape index (κ1) is 16.8. The van der Waals surface area contributed by atoms with Crippen LogP contribution in [0.15, 0.2) is 18.2 Å². The summed E-state index contributed by atoms with van der Waals surface area (Å²) in [4.78, 5) is 0. The number of nitrogen functional groups attached to an aromatic ring is 1. The van der Waals surface area contributed by atoms with Gasteiger partial charge >= 0.3 is 0 Å². The predicted molar refractivity (Wildman–Crippen MR) is 78.3 cm³/mol. The van der Waals surface area contributed by atoms with Gasteiger partial charge in [0.25, 0.3) is 0 Å². The van der Waals surface area contributed by atoms with Gasteiger partial charge in [-0.2, -0.15) is 0 Å². The topological polar surface area (TPSA) is 50.1 Å². The van der Waals surface area contributed by atoms with Gasteiger partial charge in [0.2, 0.25) is 0 Å². The largest absolute Gasteiger partial charge is 0.399 e. The molecular weight excluding hydrogens is 281 g/mol. The molecule has 0 aliphatic carbocycles. The first-order valence-corrected chi connectivity index (χ1v) is 5.53. The molecule has 6 heteroatoms. The van der Waals surface area contributed by atoms with E-state index >= 15 is 0 Å². The van der Waals surface area contributed by atoms with Crippen molar-refractivity contribution in [3.8, 4) is 0 Å². The molecule has 1 fully saturated rings. The zero-order valence-corrected chi connectivity index (χ0v) is 12.1. The molecule has 4 N–H and O–H groups in total. The summed E-state index contributed by atoms with van der Waals surface area (Å²) in [6.45, 7) is 4.28. The lowest BCUT2D eigenvalue weighted by Gasteiger charge is -2.20. The lowest BCUT2D eigenvalue weighted by atomic mass is 9.88. The molecule has 98 valence electrons. The number of nitrogens with two attached hydrogens (primary N) is 1. The maximum absolute atomic E-state index is 6.20. The number of halogens is 3. The number of anilines is 1. The second-order valence-electron chi connectivity index (χ2n) is 4.17. The SMILES string of the molecule is CC1NNC(C)C1c1cc(N)ccc1Cl.Cl.Cl. The molecule has 0 aromatic heterocycles. The van der Waals surface area contributed by atoms with Crippen molar-refractivity contribution in [1.29, 1.82) is 0 Å². The Bertz CT molecular complexity index is 363. The fourth-order valence-electron chi connectivity index (χ4n) is 2.23. The van der Waals surface area contributed by atoms with E-state index in [0.29, 0.717) is 18.0 Å². The molecule has 1 heterocycles. The van der Waals surface area contributed by atoms with E-state index in [2.05, 4.69) is 24.7 Å². The van der Waals surface area contributed by atoms with Crippen molar-refractivity contribution in [2.24, 2.45) is 0 Å². The average molecular weight is 299 g/mol. The van der Waals surface area contributed by atoms with Gasteiger partial charge in [0.15, 0.2) is 0 Å². The summed E-state index contributed by atoms with van der Waals surface area (Å²) in [5.74, 6) is 0.362. The van der Waals surface area contributed by atoms with Crippen LogP contribution in [0, 0.1) is 0 Å². The van der Waals surface area contributed by atoms with Crippen LogP contribution in [-0.4, -0.2) is 12.1 Å². The van der Waals surface area contributed by atoms with Crippen molar-refractivity contribution in [1.82, 2.24) is 10.9 Å². The summed E-state index contributed by atoms with van der Waals surface area (Å²) < 4.78 is 0. The Balaban J connectivity index is 0.00000128. The van der Waals surface area contributed by atoms with Crippen molar-refractivity contribution < 1.29 is 0 Å². The smallest absolute Gasteiger partial charge is 0.0443 e. The Morgan fingerprint density at radius 1 is 1.12 bits per heavy atom. The minimum Gasteiger partial charge on any atom is -0.399 e. The third-order valence-corrected chi connectivity index (χ3v) is 3.34. The Labute approximate surface area is 119 Å². The van der Waals surface area contributed by atoms with E-state index in [1.807, 2.05) is 18.2 Å². The van der Waals surface area contributed by atoms with Crippen LogP contribution in [0.2, 0.25) is 5.02 Å². The molecule has 1 aromatic rings. The molecule has 0 amide bonds. The second kappa shape index (κ2) is 6.66. The summed E-state index contributed by atoms with van der Waals surface area (Å²) in [5, 5.41) is 0.790. The van der Waals surface area contributed by atoms with Crippen LogP contribution in [0.5, 0.6) is 0 Å². The standard InChI is InChI=1S/C11H16ClN3.2ClH/c1-6-11(7(2)15-14-6)9-5-8(13)3-4-10(9)12;;/h3-7,11,14-15H,13H2,1-2H3;2*1H. The van der Waals surface area contributed by atoms with Crippen molar-refractivity contribution >= 4 is 42.1 Å². The highest BCUT2D eigenvalue weighted by atomic mass is 35.5. The van der Waals surface area contributed by atoms with Crippen LogP contribution in [0.4, 0.5) is 5.69 Å². The second-order valence-corrected chi connectivity index (χ2v) is 4.58. The van der Waals surface area contributed by atoms with Gasteiger partial charge in [0.1, 0.15) is 0 Å². The molecule has 2 unspecified atom stereocenters. The Morgan fingerprint density at radius 3 is 2.18 bits per heavy atom. The Morgan fingerprint density at radius 2 is 1.65 bits per heavy atom. The number of hydrogen-bond acceptors (Lipinski definition) is 3. The molecule has 0 bridgehead atoms. The highest BCUT2D eigenvalue weighted by molar-refractivity contribution is 6.31. The molecule has 0 saturated carbocycles. The van der Waals surface area contributed by atoms with Gasteiger partial charge in [0.05, 0.1) is 0 Å². The minimum absolute atomic E-state index is 0. The van der Waals surface area contributed by atoms with E-state index in [-0.39, 0.29) is 24.8 Å². The number of rotatable bonds is 1. The molecule has 17 heavy (non-hydrogen) atoms. The van der Waals surface area contributed by atoms with Crippen molar-refractivity contribution in [3.05, 3.63) is 28.8 Å². The number of benzene rings is 1. The zero-order valence-electron chi connectivity index (χ0n) is 9.74. The van der Waals surface area contributed by atoms with Gasteiger partial charge < -0.3 is 5.73 Å². The maximum atomic E-state index is 6.20. The number of hydrogen-bond donors (Lipinski definition) is 3. The molecule has 3 nitrogen and oxygen atoms in total. The van der Waals surface area contributed by atoms with E-state index in [9.17, 15) is 0 Å². The Kier molecular flexibility index (Phi) is 6.59. The third-order valence-electron chi connectivity index (χ3n) is 3.00. The van der Waals surface area contributed by atoms with Gasteiger partial charge in [-0.15, -0.1) is 24.8 Å². The fourth-order valence-corrected chi connectivity index (χ4v) is 2.48. The van der Waals surface area contributed by atoms with Gasteiger partial charge in [-0.3, -0.25) is 10.9 Å². The molecule has 1 saturated heterocycles. The van der Waals surface area contributed by atoms with Crippen LogP contribution in [0.3, 0.4) is 0 Å². The zero-order chi connectivity index (χ0) is 11.0. The first-order valence-electron chi connectivity index (χ1n) is 5.15. The summed E-state index contributed by atoms with van der Waals surface area (Å²) in [6, 6.07) is 6.38. The third kappa shape index (κ3) is 3.39. The van der Waals surface area contributed by atoms with E-state index in [1.165, 1.54) is 0 Å². The van der Waals surface area contributed by atoms with Crippen molar-refractivity contribution in [3.63, 3.8) is 0 Å². The van der Waals surface area contributed by atoms with E-state index in [1.54, 1.807) is 0 Å². The number of hydrazine groups is 1. The lowest BCUT2D eigenvalue weighted by Crippen LogP contribution is -2.30. The summed E-state index contributed by atoms with van der Waals surface area (Å²) in [5.41, 5.74) is 14.1. The molecule has 2 atom stereocenters. The molecular formula is C11H18Cl3N3. The molecule has 0 radical (unpaired) electrons. The highest BCUT2D eigenvalue weighted by Crippen LogP contribution is 2.33. The quantitative estimate of drug-likeness (QED) is 0.699. The van der Waals surface area contributed by atoms with Gasteiger partial charge in [-0.1, -0.05) is 11.6 Å². The van der Waals surface area contributed by atoms with Gasteiger partial charge in [-0.05, 0) is 37.6 Å². The van der Waals surface area contributed by atoms with Gasteiger partial charge in [-0.25, -0.2) is 0 Å². The van der Waals surface area contributed by atoms with E-state index < -0.39 is 0 Å². The average Bonchev–Trinajstić information content (AvgIpc) is 2.51. The van der Waals surface area contributed by atoms with Crippen LogP contribution < -0.4 is 16.6 Å². The highest BCUT2D eigenvalue weighted by Gasteiger charge is 2.32. The maximum Gasteiger partial charge on any atom is 0.0443 e. The molecule has 1 aliphatic heterocycles. The predicted octanol–water partition coefficient (Wildman–Crippen LogP) is 2.73. The fraction of sp³-hybridized carbons (Fsp3) is 0.455. The lowest BCUT2D eigenvalue weighted by molar-refractivity contribution is 0.567. The van der Waals surface area contributed by atoms with Crippen molar-refractivity contribution in [2.75, 3.05) is 5.73 Å². The van der Waals surface area contributed by atoms with E-state index in [0.717, 1.165) is 16.3 Å². The molecule has 1 aromatic carbocycles. The van der Waals surface area contributed by atoms with Gasteiger partial charge in [0, 0.05) is 28.7 Å². The summed E-state index contributed by atoms with van der Waals surface area (Å²) in [6.07, 6.45) is 0. The van der Waals surface area contributed by atoms with E-state index in [4.69, 9.17) is 17.3 Å².